The van der Waals surface area contributed by atoms with Crippen LogP contribution in [0.3, 0.4) is 0 Å². The largest absolute Gasteiger partial charge is 0.497 e. The molecule has 1 aromatic carbocycles. The van der Waals surface area contributed by atoms with Gasteiger partial charge in [-0.05, 0) is 42.5 Å². The van der Waals surface area contributed by atoms with Gasteiger partial charge >= 0.3 is 0 Å². The number of benzene rings is 1. The standard InChI is InChI=1S/C21H23N5O3/c1-28-13-9-15(17-3-2-8-29-17)18-16(10-13)24-21(25-20(18)27)26-7-5-14-12(11-26)4-6-23-19(14)22/h4,6,9-10,17H,2-3,5,7-8,11H2,1H3,(H2,22,23)(H,24,25,27). The first-order valence-corrected chi connectivity index (χ1v) is 9.85. The molecule has 2 aliphatic rings. The topological polar surface area (TPSA) is 106 Å². The summed E-state index contributed by atoms with van der Waals surface area (Å²) in [7, 11) is 1.62. The number of fused-ring (bicyclic) bond motifs is 2. The van der Waals surface area contributed by atoms with Crippen molar-refractivity contribution in [1.82, 2.24) is 15.0 Å². The minimum atomic E-state index is -0.154. The zero-order valence-corrected chi connectivity index (χ0v) is 16.3. The van der Waals surface area contributed by atoms with Crippen LogP contribution in [0.5, 0.6) is 5.75 Å². The Bertz CT molecular complexity index is 1140. The lowest BCUT2D eigenvalue weighted by atomic mass is 10.0. The van der Waals surface area contributed by atoms with Gasteiger partial charge in [0.25, 0.3) is 5.56 Å². The molecule has 1 saturated heterocycles. The molecule has 3 aromatic rings. The number of pyridine rings is 1. The van der Waals surface area contributed by atoms with Crippen LogP contribution in [-0.4, -0.2) is 35.2 Å². The predicted octanol–water partition coefficient (Wildman–Crippen LogP) is 2.32. The molecule has 8 heteroatoms. The first-order valence-electron chi connectivity index (χ1n) is 9.85. The summed E-state index contributed by atoms with van der Waals surface area (Å²) >= 11 is 0. The third-order valence-corrected chi connectivity index (χ3v) is 5.79. The van der Waals surface area contributed by atoms with Gasteiger partial charge in [0.05, 0.1) is 24.1 Å². The second-order valence-corrected chi connectivity index (χ2v) is 7.51. The number of hydrogen-bond acceptors (Lipinski definition) is 7. The summed E-state index contributed by atoms with van der Waals surface area (Å²) in [4.78, 5) is 27.1. The highest BCUT2D eigenvalue weighted by Gasteiger charge is 2.25. The number of nitrogens with one attached hydrogen (secondary N) is 1. The fourth-order valence-corrected chi connectivity index (χ4v) is 4.31. The summed E-state index contributed by atoms with van der Waals surface area (Å²) in [5.74, 6) is 1.80. The lowest BCUT2D eigenvalue weighted by Gasteiger charge is -2.29. The molecular formula is C21H23N5O3. The van der Waals surface area contributed by atoms with Gasteiger partial charge < -0.3 is 20.1 Å². The Morgan fingerprint density at radius 1 is 1.38 bits per heavy atom. The Kier molecular flexibility index (Phi) is 4.35. The van der Waals surface area contributed by atoms with E-state index in [1.807, 2.05) is 18.2 Å². The predicted molar refractivity (Wildman–Crippen MR) is 110 cm³/mol. The summed E-state index contributed by atoms with van der Waals surface area (Å²) in [6.45, 7) is 2.04. The van der Waals surface area contributed by atoms with Gasteiger partial charge in [0.15, 0.2) is 0 Å². The molecule has 2 aliphatic heterocycles. The van der Waals surface area contributed by atoms with Crippen LogP contribution < -0.4 is 20.9 Å². The molecule has 2 aromatic heterocycles. The Morgan fingerprint density at radius 3 is 3.07 bits per heavy atom. The summed E-state index contributed by atoms with van der Waals surface area (Å²) in [6.07, 6.45) is 4.25. The van der Waals surface area contributed by atoms with Crippen LogP contribution in [0.2, 0.25) is 0 Å². The van der Waals surface area contributed by atoms with Crippen molar-refractivity contribution in [2.75, 3.05) is 30.9 Å². The van der Waals surface area contributed by atoms with E-state index in [0.29, 0.717) is 48.1 Å². The zero-order valence-electron chi connectivity index (χ0n) is 16.3. The lowest BCUT2D eigenvalue weighted by molar-refractivity contribution is 0.113. The normalized spacial score (nSPS) is 18.8. The van der Waals surface area contributed by atoms with Crippen LogP contribution in [0, 0.1) is 0 Å². The minimum Gasteiger partial charge on any atom is -0.497 e. The smallest absolute Gasteiger partial charge is 0.260 e. The number of hydrogen-bond donors (Lipinski definition) is 2. The molecule has 0 aliphatic carbocycles. The summed E-state index contributed by atoms with van der Waals surface area (Å²) in [5.41, 5.74) is 9.50. The van der Waals surface area contributed by atoms with E-state index < -0.39 is 0 Å². The average Bonchev–Trinajstić information content (AvgIpc) is 3.27. The Balaban J connectivity index is 1.59. The van der Waals surface area contributed by atoms with E-state index in [1.165, 1.54) is 0 Å². The van der Waals surface area contributed by atoms with Crippen molar-refractivity contribution in [3.8, 4) is 5.75 Å². The van der Waals surface area contributed by atoms with Crippen LogP contribution in [-0.2, 0) is 17.7 Å². The van der Waals surface area contributed by atoms with Crippen LogP contribution in [0.1, 0.15) is 35.6 Å². The van der Waals surface area contributed by atoms with E-state index in [1.54, 1.807) is 13.3 Å². The highest BCUT2D eigenvalue weighted by atomic mass is 16.5. The first kappa shape index (κ1) is 17.9. The number of rotatable bonds is 3. The quantitative estimate of drug-likeness (QED) is 0.703. The number of H-pyrrole nitrogens is 1. The maximum Gasteiger partial charge on any atom is 0.260 e. The molecule has 0 bridgehead atoms. The molecule has 150 valence electrons. The molecule has 29 heavy (non-hydrogen) atoms. The molecule has 0 saturated carbocycles. The van der Waals surface area contributed by atoms with Gasteiger partial charge in [-0.2, -0.15) is 0 Å². The van der Waals surface area contributed by atoms with E-state index in [9.17, 15) is 4.79 Å². The maximum absolute atomic E-state index is 13.1. The van der Waals surface area contributed by atoms with E-state index >= 15 is 0 Å². The van der Waals surface area contributed by atoms with Crippen molar-refractivity contribution in [2.45, 2.75) is 31.9 Å². The molecule has 4 heterocycles. The molecule has 8 nitrogen and oxygen atoms in total. The highest BCUT2D eigenvalue weighted by Crippen LogP contribution is 2.35. The molecule has 0 amide bonds. The molecule has 5 rings (SSSR count). The molecule has 1 unspecified atom stereocenters. The number of methoxy groups -OCH3 is 1. The highest BCUT2D eigenvalue weighted by molar-refractivity contribution is 5.84. The van der Waals surface area contributed by atoms with E-state index in [4.69, 9.17) is 20.2 Å². The Hall–Kier alpha value is -3.13. The van der Waals surface area contributed by atoms with Gasteiger partial charge in [0.1, 0.15) is 11.6 Å². The second kappa shape index (κ2) is 7.04. The second-order valence-electron chi connectivity index (χ2n) is 7.51. The van der Waals surface area contributed by atoms with Gasteiger partial charge in [-0.15, -0.1) is 0 Å². The number of ether oxygens (including phenoxy) is 2. The van der Waals surface area contributed by atoms with Gasteiger partial charge in [-0.1, -0.05) is 0 Å². The molecule has 3 N–H and O–H groups in total. The fourth-order valence-electron chi connectivity index (χ4n) is 4.31. The SMILES string of the molecule is COc1cc(C2CCCO2)c2c(=O)[nH]c(N3CCc4c(ccnc4N)C3)nc2c1. The van der Waals surface area contributed by atoms with Crippen molar-refractivity contribution in [1.29, 1.82) is 0 Å². The molecule has 1 atom stereocenters. The number of nitrogens with two attached hydrogens (primary N) is 1. The molecular weight excluding hydrogens is 370 g/mol. The molecule has 0 spiro atoms. The van der Waals surface area contributed by atoms with Crippen LogP contribution in [0.4, 0.5) is 11.8 Å². The fraction of sp³-hybridized carbons (Fsp3) is 0.381. The number of nitrogens with zero attached hydrogens (tertiary/aromatic N) is 3. The monoisotopic (exact) mass is 393 g/mol. The first-order chi connectivity index (χ1) is 14.1. The third-order valence-electron chi connectivity index (χ3n) is 5.79. The number of aromatic nitrogens is 3. The zero-order chi connectivity index (χ0) is 20.0. The maximum atomic E-state index is 13.1. The van der Waals surface area contributed by atoms with Gasteiger partial charge in [-0.25, -0.2) is 9.97 Å². The van der Waals surface area contributed by atoms with Gasteiger partial charge in [-0.3, -0.25) is 9.78 Å². The number of anilines is 2. The third kappa shape index (κ3) is 3.09. The van der Waals surface area contributed by atoms with Crippen LogP contribution in [0.25, 0.3) is 10.9 Å². The van der Waals surface area contributed by atoms with Crippen LogP contribution in [0.15, 0.2) is 29.2 Å². The molecule has 0 radical (unpaired) electrons. The Labute approximate surface area is 167 Å². The van der Waals surface area contributed by atoms with E-state index in [-0.39, 0.29) is 11.7 Å². The van der Waals surface area contributed by atoms with E-state index in [2.05, 4.69) is 14.9 Å². The van der Waals surface area contributed by atoms with Crippen molar-refractivity contribution in [3.05, 3.63) is 51.4 Å². The average molecular weight is 393 g/mol. The van der Waals surface area contributed by atoms with Gasteiger partial charge in [0, 0.05) is 37.5 Å². The number of nitrogen functional groups attached to an aromatic ring is 1. The lowest BCUT2D eigenvalue weighted by Crippen LogP contribution is -2.33. The van der Waals surface area contributed by atoms with E-state index in [0.717, 1.165) is 36.0 Å². The minimum absolute atomic E-state index is 0.0984. The number of aromatic amines is 1. The molecule has 1 fully saturated rings. The van der Waals surface area contributed by atoms with Crippen molar-refractivity contribution >= 4 is 22.7 Å². The van der Waals surface area contributed by atoms with Gasteiger partial charge in [0.2, 0.25) is 5.95 Å². The van der Waals surface area contributed by atoms with Crippen LogP contribution >= 0.6 is 0 Å². The summed E-state index contributed by atoms with van der Waals surface area (Å²) in [6, 6.07) is 5.67. The van der Waals surface area contributed by atoms with Crippen molar-refractivity contribution < 1.29 is 9.47 Å². The Morgan fingerprint density at radius 2 is 2.28 bits per heavy atom. The van der Waals surface area contributed by atoms with Crippen molar-refractivity contribution in [2.24, 2.45) is 0 Å². The van der Waals surface area contributed by atoms with Crippen molar-refractivity contribution in [3.63, 3.8) is 0 Å². The summed E-state index contributed by atoms with van der Waals surface area (Å²) < 4.78 is 11.3. The summed E-state index contributed by atoms with van der Waals surface area (Å²) in [5, 5.41) is 0.576.